The lowest BCUT2D eigenvalue weighted by Gasteiger charge is -2.11. The predicted molar refractivity (Wildman–Crippen MR) is 79.2 cm³/mol. The van der Waals surface area contributed by atoms with E-state index in [-0.39, 0.29) is 17.9 Å². The Morgan fingerprint density at radius 2 is 2.11 bits per heavy atom. The summed E-state index contributed by atoms with van der Waals surface area (Å²) in [6, 6.07) is 0. The van der Waals surface area contributed by atoms with Gasteiger partial charge in [-0.1, -0.05) is 13.8 Å². The van der Waals surface area contributed by atoms with Gasteiger partial charge in [0.1, 0.15) is 14.3 Å². The SMILES string of the molecule is CC(C)Cn1ncc(NCCS(C)(=O)=O)c(Br)c1=O. The third kappa shape index (κ3) is 5.32. The molecule has 19 heavy (non-hydrogen) atoms. The second-order valence-electron chi connectivity index (χ2n) is 4.81. The van der Waals surface area contributed by atoms with Gasteiger partial charge in [0.05, 0.1) is 17.6 Å². The molecule has 0 saturated heterocycles. The van der Waals surface area contributed by atoms with Gasteiger partial charge in [-0.25, -0.2) is 13.1 Å². The van der Waals surface area contributed by atoms with E-state index in [4.69, 9.17) is 0 Å². The molecule has 0 aliphatic rings. The number of hydrogen-bond acceptors (Lipinski definition) is 5. The summed E-state index contributed by atoms with van der Waals surface area (Å²) >= 11 is 3.22. The number of hydrogen-bond donors (Lipinski definition) is 1. The van der Waals surface area contributed by atoms with Gasteiger partial charge >= 0.3 is 0 Å². The zero-order chi connectivity index (χ0) is 14.6. The minimum Gasteiger partial charge on any atom is -0.382 e. The van der Waals surface area contributed by atoms with E-state index in [9.17, 15) is 13.2 Å². The lowest BCUT2D eigenvalue weighted by atomic mass is 10.2. The third-order valence-electron chi connectivity index (χ3n) is 2.31. The minimum atomic E-state index is -3.02. The Kier molecular flexibility index (Phi) is 5.54. The summed E-state index contributed by atoms with van der Waals surface area (Å²) in [5.74, 6) is 0.329. The fourth-order valence-electron chi connectivity index (χ4n) is 1.44. The molecule has 1 aromatic heterocycles. The second kappa shape index (κ2) is 6.51. The first-order chi connectivity index (χ1) is 8.70. The molecule has 0 fully saturated rings. The molecule has 1 heterocycles. The lowest BCUT2D eigenvalue weighted by molar-refractivity contribution is 0.462. The van der Waals surface area contributed by atoms with E-state index in [1.165, 1.54) is 17.1 Å². The van der Waals surface area contributed by atoms with Crippen molar-refractivity contribution in [3.63, 3.8) is 0 Å². The van der Waals surface area contributed by atoms with E-state index in [1.54, 1.807) is 0 Å². The highest BCUT2D eigenvalue weighted by molar-refractivity contribution is 9.10. The van der Waals surface area contributed by atoms with Gasteiger partial charge in [-0.05, 0) is 21.8 Å². The van der Waals surface area contributed by atoms with Gasteiger partial charge in [-0.3, -0.25) is 4.79 Å². The zero-order valence-electron chi connectivity index (χ0n) is 11.2. The molecule has 8 heteroatoms. The summed E-state index contributed by atoms with van der Waals surface area (Å²) in [5.41, 5.74) is 0.284. The quantitative estimate of drug-likeness (QED) is 0.830. The molecule has 6 nitrogen and oxygen atoms in total. The standard InChI is InChI=1S/C11H18BrN3O3S/c1-8(2)7-15-11(16)10(12)9(6-14-15)13-4-5-19(3,17)18/h6,8,13H,4-5,7H2,1-3H3. The number of aromatic nitrogens is 2. The van der Waals surface area contributed by atoms with Gasteiger partial charge in [0.15, 0.2) is 0 Å². The van der Waals surface area contributed by atoms with Crippen LogP contribution in [0.25, 0.3) is 0 Å². The Labute approximate surface area is 121 Å². The normalized spacial score (nSPS) is 11.8. The largest absolute Gasteiger partial charge is 0.382 e. The highest BCUT2D eigenvalue weighted by atomic mass is 79.9. The Morgan fingerprint density at radius 1 is 1.47 bits per heavy atom. The van der Waals surface area contributed by atoms with Crippen molar-refractivity contribution >= 4 is 31.5 Å². The maximum absolute atomic E-state index is 12.0. The first-order valence-electron chi connectivity index (χ1n) is 5.88. The highest BCUT2D eigenvalue weighted by Crippen LogP contribution is 2.16. The van der Waals surface area contributed by atoms with Crippen LogP contribution in [0.1, 0.15) is 13.8 Å². The van der Waals surface area contributed by atoms with E-state index in [0.29, 0.717) is 22.6 Å². The molecule has 0 atom stereocenters. The van der Waals surface area contributed by atoms with Gasteiger partial charge in [0, 0.05) is 19.3 Å². The molecule has 0 saturated carbocycles. The molecule has 1 N–H and O–H groups in total. The van der Waals surface area contributed by atoms with Gasteiger partial charge in [-0.15, -0.1) is 0 Å². The summed E-state index contributed by atoms with van der Waals surface area (Å²) in [6.07, 6.45) is 2.69. The third-order valence-corrected chi connectivity index (χ3v) is 4.02. The van der Waals surface area contributed by atoms with Crippen LogP contribution in [0, 0.1) is 5.92 Å². The molecule has 0 radical (unpaired) electrons. The van der Waals surface area contributed by atoms with Crippen molar-refractivity contribution in [1.82, 2.24) is 9.78 Å². The molecular formula is C11H18BrN3O3S. The van der Waals surface area contributed by atoms with Crippen LogP contribution in [-0.4, -0.2) is 36.8 Å². The van der Waals surface area contributed by atoms with E-state index < -0.39 is 9.84 Å². The van der Waals surface area contributed by atoms with Crippen LogP contribution < -0.4 is 10.9 Å². The van der Waals surface area contributed by atoms with Crippen molar-refractivity contribution in [2.24, 2.45) is 5.92 Å². The number of nitrogens with one attached hydrogen (secondary N) is 1. The van der Waals surface area contributed by atoms with Crippen LogP contribution in [0.4, 0.5) is 5.69 Å². The molecule has 0 amide bonds. The first-order valence-corrected chi connectivity index (χ1v) is 8.73. The second-order valence-corrected chi connectivity index (χ2v) is 7.86. The maximum atomic E-state index is 12.0. The van der Waals surface area contributed by atoms with Crippen LogP contribution >= 0.6 is 15.9 Å². The predicted octanol–water partition coefficient (Wildman–Crippen LogP) is 1.12. The monoisotopic (exact) mass is 351 g/mol. The van der Waals surface area contributed by atoms with Crippen molar-refractivity contribution < 1.29 is 8.42 Å². The van der Waals surface area contributed by atoms with Crippen LogP contribution in [0.15, 0.2) is 15.5 Å². The van der Waals surface area contributed by atoms with Gasteiger partial charge in [0.2, 0.25) is 0 Å². The molecule has 0 spiro atoms. The average Bonchev–Trinajstić information content (AvgIpc) is 2.26. The van der Waals surface area contributed by atoms with Crippen LogP contribution in [0.5, 0.6) is 0 Å². The van der Waals surface area contributed by atoms with Crippen molar-refractivity contribution in [2.45, 2.75) is 20.4 Å². The molecule has 0 bridgehead atoms. The summed E-state index contributed by atoms with van der Waals surface area (Å²) in [6.45, 7) is 4.79. The van der Waals surface area contributed by atoms with E-state index in [1.807, 2.05) is 13.8 Å². The van der Waals surface area contributed by atoms with Crippen molar-refractivity contribution in [3.05, 3.63) is 21.0 Å². The molecule has 108 valence electrons. The van der Waals surface area contributed by atoms with Crippen molar-refractivity contribution in [3.8, 4) is 0 Å². The zero-order valence-corrected chi connectivity index (χ0v) is 13.6. The van der Waals surface area contributed by atoms with E-state index in [0.717, 1.165) is 0 Å². The molecule has 1 rings (SSSR count). The Morgan fingerprint density at radius 3 is 2.63 bits per heavy atom. The van der Waals surface area contributed by atoms with E-state index >= 15 is 0 Å². The van der Waals surface area contributed by atoms with Gasteiger partial charge in [0.25, 0.3) is 5.56 Å². The average molecular weight is 352 g/mol. The Balaban J connectivity index is 2.82. The smallest absolute Gasteiger partial charge is 0.283 e. The summed E-state index contributed by atoms with van der Waals surface area (Å²) in [4.78, 5) is 12.0. The fraction of sp³-hybridized carbons (Fsp3) is 0.636. The topological polar surface area (TPSA) is 81.1 Å². The summed E-state index contributed by atoms with van der Waals surface area (Å²) in [5, 5.41) is 6.95. The first kappa shape index (κ1) is 16.2. The van der Waals surface area contributed by atoms with Crippen LogP contribution in [0.3, 0.4) is 0 Å². The molecule has 0 aliphatic carbocycles. The molecule has 1 aromatic rings. The van der Waals surface area contributed by atoms with Gasteiger partial charge in [-0.2, -0.15) is 5.10 Å². The number of anilines is 1. The summed E-state index contributed by atoms with van der Waals surface area (Å²) in [7, 11) is -3.02. The molecule has 0 aliphatic heterocycles. The minimum absolute atomic E-state index is 0.00845. The lowest BCUT2D eigenvalue weighted by Crippen LogP contribution is -2.27. The van der Waals surface area contributed by atoms with Crippen LogP contribution in [0.2, 0.25) is 0 Å². The number of sulfone groups is 1. The summed E-state index contributed by atoms with van der Waals surface area (Å²) < 4.78 is 23.8. The van der Waals surface area contributed by atoms with Crippen molar-refractivity contribution in [2.75, 3.05) is 23.9 Å². The molecular weight excluding hydrogens is 334 g/mol. The van der Waals surface area contributed by atoms with Crippen molar-refractivity contribution in [1.29, 1.82) is 0 Å². The highest BCUT2D eigenvalue weighted by Gasteiger charge is 2.10. The number of nitrogens with zero attached hydrogens (tertiary/aromatic N) is 2. The molecule has 0 unspecified atom stereocenters. The number of halogens is 1. The maximum Gasteiger partial charge on any atom is 0.283 e. The Hall–Kier alpha value is -0.890. The molecule has 0 aromatic carbocycles. The van der Waals surface area contributed by atoms with Gasteiger partial charge < -0.3 is 5.32 Å². The Bertz CT molecular complexity index is 596. The number of rotatable bonds is 6. The van der Waals surface area contributed by atoms with Crippen LogP contribution in [-0.2, 0) is 16.4 Å². The fourth-order valence-corrected chi connectivity index (χ4v) is 2.36. The van der Waals surface area contributed by atoms with E-state index in [2.05, 4.69) is 26.3 Å².